The Hall–Kier alpha value is 0.01000. The second-order valence-electron chi connectivity index (χ2n) is 4.00. The van der Waals surface area contributed by atoms with Gasteiger partial charge in [0.25, 0.3) is 0 Å². The van der Waals surface area contributed by atoms with Crippen LogP contribution in [0.15, 0.2) is 33.6 Å². The first kappa shape index (κ1) is 11.5. The molecule has 0 spiro atoms. The lowest BCUT2D eigenvalue weighted by atomic mass is 10.2. The van der Waals surface area contributed by atoms with Crippen molar-refractivity contribution in [1.29, 1.82) is 0 Å². The number of nitrogens with one attached hydrogen (secondary N) is 1. The standard InChI is InChI=1S/C12H16BrNS/c1-14-12(9-5-6-9)8-15-11-4-2-3-10(13)7-11/h2-4,7,9,12,14H,5-6,8H2,1H3. The van der Waals surface area contributed by atoms with Gasteiger partial charge in [-0.1, -0.05) is 22.0 Å². The van der Waals surface area contributed by atoms with Crippen molar-refractivity contribution in [3.63, 3.8) is 0 Å². The molecule has 1 N–H and O–H groups in total. The summed E-state index contributed by atoms with van der Waals surface area (Å²) in [5, 5.41) is 3.42. The predicted octanol–water partition coefficient (Wildman–Crippen LogP) is 3.54. The summed E-state index contributed by atoms with van der Waals surface area (Å²) < 4.78 is 1.17. The summed E-state index contributed by atoms with van der Waals surface area (Å²) in [6.07, 6.45) is 2.81. The van der Waals surface area contributed by atoms with Gasteiger partial charge in [-0.05, 0) is 44.0 Å². The Bertz CT molecular complexity index is 325. The molecule has 0 radical (unpaired) electrons. The first-order chi connectivity index (χ1) is 7.29. The minimum atomic E-state index is 0.689. The van der Waals surface area contributed by atoms with Crippen molar-refractivity contribution in [1.82, 2.24) is 5.32 Å². The summed E-state index contributed by atoms with van der Waals surface area (Å²) in [5.41, 5.74) is 0. The molecule has 0 saturated heterocycles. The Morgan fingerprint density at radius 2 is 2.33 bits per heavy atom. The third-order valence-corrected chi connectivity index (χ3v) is 4.39. The van der Waals surface area contributed by atoms with E-state index in [0.29, 0.717) is 6.04 Å². The van der Waals surface area contributed by atoms with Crippen LogP contribution in [0.5, 0.6) is 0 Å². The van der Waals surface area contributed by atoms with Crippen molar-refractivity contribution in [3.8, 4) is 0 Å². The maximum Gasteiger partial charge on any atom is 0.0186 e. The molecule has 1 saturated carbocycles. The number of hydrogen-bond acceptors (Lipinski definition) is 2. The van der Waals surface area contributed by atoms with E-state index in [1.807, 2.05) is 11.8 Å². The van der Waals surface area contributed by atoms with Gasteiger partial charge in [-0.15, -0.1) is 11.8 Å². The minimum absolute atomic E-state index is 0.689. The molecule has 2 rings (SSSR count). The van der Waals surface area contributed by atoms with E-state index in [4.69, 9.17) is 0 Å². The van der Waals surface area contributed by atoms with Crippen molar-refractivity contribution < 1.29 is 0 Å². The molecule has 0 aliphatic heterocycles. The summed E-state index contributed by atoms with van der Waals surface area (Å²) in [7, 11) is 2.07. The van der Waals surface area contributed by atoms with Crippen molar-refractivity contribution in [3.05, 3.63) is 28.7 Å². The van der Waals surface area contributed by atoms with E-state index in [0.717, 1.165) is 5.92 Å². The van der Waals surface area contributed by atoms with Crippen LogP contribution in [0.1, 0.15) is 12.8 Å². The molecule has 0 bridgehead atoms. The van der Waals surface area contributed by atoms with Gasteiger partial charge in [0.2, 0.25) is 0 Å². The average molecular weight is 286 g/mol. The number of thioether (sulfide) groups is 1. The van der Waals surface area contributed by atoms with E-state index >= 15 is 0 Å². The molecule has 3 heteroatoms. The Labute approximate surface area is 104 Å². The second kappa shape index (κ2) is 5.37. The number of halogens is 1. The normalized spacial score (nSPS) is 17.7. The van der Waals surface area contributed by atoms with E-state index in [1.165, 1.54) is 28.0 Å². The van der Waals surface area contributed by atoms with E-state index in [-0.39, 0.29) is 0 Å². The SMILES string of the molecule is CNC(CSc1cccc(Br)c1)C1CC1. The molecule has 0 amide bonds. The van der Waals surface area contributed by atoms with Crippen LogP contribution in [0, 0.1) is 5.92 Å². The molecule has 1 aromatic carbocycles. The highest BCUT2D eigenvalue weighted by molar-refractivity contribution is 9.10. The molecule has 1 aromatic rings. The molecule has 1 atom stereocenters. The average Bonchev–Trinajstić information content (AvgIpc) is 3.03. The zero-order chi connectivity index (χ0) is 10.7. The maximum absolute atomic E-state index is 3.50. The van der Waals surface area contributed by atoms with Crippen LogP contribution in [0.4, 0.5) is 0 Å². The van der Waals surface area contributed by atoms with E-state index < -0.39 is 0 Å². The molecule has 0 heterocycles. The van der Waals surface area contributed by atoms with Crippen molar-refractivity contribution >= 4 is 27.7 Å². The monoisotopic (exact) mass is 285 g/mol. The third-order valence-electron chi connectivity index (χ3n) is 2.79. The van der Waals surface area contributed by atoms with Crippen LogP contribution in [0.2, 0.25) is 0 Å². The van der Waals surface area contributed by atoms with Gasteiger partial charge in [0.15, 0.2) is 0 Å². The summed E-state index contributed by atoms with van der Waals surface area (Å²) in [5.74, 6) is 2.10. The Morgan fingerprint density at radius 1 is 1.53 bits per heavy atom. The lowest BCUT2D eigenvalue weighted by molar-refractivity contribution is 0.554. The van der Waals surface area contributed by atoms with Crippen LogP contribution in [0.25, 0.3) is 0 Å². The summed E-state index contributed by atoms with van der Waals surface area (Å²) in [6.45, 7) is 0. The Balaban J connectivity index is 1.86. The zero-order valence-corrected chi connectivity index (χ0v) is 11.3. The first-order valence-corrected chi connectivity index (χ1v) is 7.13. The second-order valence-corrected chi connectivity index (χ2v) is 6.01. The van der Waals surface area contributed by atoms with E-state index in [1.54, 1.807) is 0 Å². The first-order valence-electron chi connectivity index (χ1n) is 5.35. The topological polar surface area (TPSA) is 12.0 Å². The number of benzene rings is 1. The summed E-state index contributed by atoms with van der Waals surface area (Å²) >= 11 is 5.44. The number of rotatable bonds is 5. The lowest BCUT2D eigenvalue weighted by Gasteiger charge is -2.14. The van der Waals surface area contributed by atoms with Crippen LogP contribution >= 0.6 is 27.7 Å². The van der Waals surface area contributed by atoms with Gasteiger partial charge in [0.05, 0.1) is 0 Å². The maximum atomic E-state index is 3.50. The molecule has 1 aliphatic carbocycles. The highest BCUT2D eigenvalue weighted by Crippen LogP contribution is 2.35. The van der Waals surface area contributed by atoms with E-state index in [9.17, 15) is 0 Å². The fourth-order valence-corrected chi connectivity index (χ4v) is 3.44. The lowest BCUT2D eigenvalue weighted by Crippen LogP contribution is -2.29. The molecule has 1 fully saturated rings. The van der Waals surface area contributed by atoms with Gasteiger partial charge in [0, 0.05) is 21.2 Å². The van der Waals surface area contributed by atoms with Gasteiger partial charge in [-0.2, -0.15) is 0 Å². The van der Waals surface area contributed by atoms with Crippen LogP contribution in [-0.2, 0) is 0 Å². The van der Waals surface area contributed by atoms with Gasteiger partial charge in [-0.3, -0.25) is 0 Å². The molecule has 82 valence electrons. The Kier molecular flexibility index (Phi) is 4.12. The van der Waals surface area contributed by atoms with Crippen LogP contribution in [-0.4, -0.2) is 18.8 Å². The minimum Gasteiger partial charge on any atom is -0.316 e. The number of hydrogen-bond donors (Lipinski definition) is 1. The van der Waals surface area contributed by atoms with Gasteiger partial charge < -0.3 is 5.32 Å². The van der Waals surface area contributed by atoms with Crippen molar-refractivity contribution in [2.24, 2.45) is 5.92 Å². The van der Waals surface area contributed by atoms with Gasteiger partial charge in [0.1, 0.15) is 0 Å². The highest BCUT2D eigenvalue weighted by atomic mass is 79.9. The molecule has 15 heavy (non-hydrogen) atoms. The van der Waals surface area contributed by atoms with Crippen molar-refractivity contribution in [2.45, 2.75) is 23.8 Å². The van der Waals surface area contributed by atoms with E-state index in [2.05, 4.69) is 52.6 Å². The molecular formula is C12H16BrNS. The fourth-order valence-electron chi connectivity index (χ4n) is 1.70. The van der Waals surface area contributed by atoms with Gasteiger partial charge >= 0.3 is 0 Å². The quantitative estimate of drug-likeness (QED) is 0.831. The Morgan fingerprint density at radius 3 is 2.93 bits per heavy atom. The highest BCUT2D eigenvalue weighted by Gasteiger charge is 2.29. The fraction of sp³-hybridized carbons (Fsp3) is 0.500. The third kappa shape index (κ3) is 3.51. The molecular weight excluding hydrogens is 270 g/mol. The molecule has 0 aromatic heterocycles. The predicted molar refractivity (Wildman–Crippen MR) is 70.4 cm³/mol. The van der Waals surface area contributed by atoms with Crippen LogP contribution < -0.4 is 5.32 Å². The smallest absolute Gasteiger partial charge is 0.0186 e. The van der Waals surface area contributed by atoms with Crippen LogP contribution in [0.3, 0.4) is 0 Å². The molecule has 1 nitrogen and oxygen atoms in total. The summed E-state index contributed by atoms with van der Waals surface area (Å²) in [4.78, 5) is 1.35. The van der Waals surface area contributed by atoms with Gasteiger partial charge in [-0.25, -0.2) is 0 Å². The molecule has 1 aliphatic rings. The van der Waals surface area contributed by atoms with Crippen molar-refractivity contribution in [2.75, 3.05) is 12.8 Å². The largest absolute Gasteiger partial charge is 0.316 e. The zero-order valence-electron chi connectivity index (χ0n) is 8.87. The molecule has 1 unspecified atom stereocenters. The summed E-state index contributed by atoms with van der Waals surface area (Å²) in [6, 6.07) is 9.21.